The summed E-state index contributed by atoms with van der Waals surface area (Å²) in [5.74, 6) is -0.427. The van der Waals surface area contributed by atoms with E-state index in [1.807, 2.05) is 43.3 Å². The van der Waals surface area contributed by atoms with Gasteiger partial charge in [-0.2, -0.15) is 0 Å². The van der Waals surface area contributed by atoms with Gasteiger partial charge in [-0.25, -0.2) is 4.79 Å². The van der Waals surface area contributed by atoms with Crippen LogP contribution in [0.5, 0.6) is 0 Å². The number of ether oxygens (including phenoxy) is 1. The Hall–Kier alpha value is -2.96. The summed E-state index contributed by atoms with van der Waals surface area (Å²) in [6, 6.07) is 16.6. The first-order valence-corrected chi connectivity index (χ1v) is 9.80. The number of hydrogen-bond donors (Lipinski definition) is 1. The zero-order valence-corrected chi connectivity index (χ0v) is 16.4. The van der Waals surface area contributed by atoms with Crippen LogP contribution >= 0.6 is 0 Å². The van der Waals surface area contributed by atoms with E-state index in [-0.39, 0.29) is 11.6 Å². The van der Waals surface area contributed by atoms with Gasteiger partial charge in [0.25, 0.3) is 5.91 Å². The van der Waals surface area contributed by atoms with Crippen LogP contribution in [0.15, 0.2) is 63.8 Å². The summed E-state index contributed by atoms with van der Waals surface area (Å²) in [6.07, 6.45) is 0. The van der Waals surface area contributed by atoms with Gasteiger partial charge in [-0.3, -0.25) is 9.69 Å². The average molecular weight is 392 g/mol. The second kappa shape index (κ2) is 8.59. The quantitative estimate of drug-likeness (QED) is 0.676. The van der Waals surface area contributed by atoms with E-state index in [1.54, 1.807) is 18.2 Å². The number of rotatable bonds is 5. The first-order valence-electron chi connectivity index (χ1n) is 9.80. The molecule has 6 heteroatoms. The molecule has 2 heterocycles. The summed E-state index contributed by atoms with van der Waals surface area (Å²) >= 11 is 0. The van der Waals surface area contributed by atoms with Gasteiger partial charge >= 0.3 is 5.63 Å². The van der Waals surface area contributed by atoms with Crippen molar-refractivity contribution in [1.82, 2.24) is 10.2 Å². The molecule has 0 bridgehead atoms. The molecule has 1 N–H and O–H groups in total. The zero-order chi connectivity index (χ0) is 20.2. The zero-order valence-electron chi connectivity index (χ0n) is 16.4. The van der Waals surface area contributed by atoms with Gasteiger partial charge in [0, 0.05) is 25.0 Å². The van der Waals surface area contributed by atoms with E-state index in [0.717, 1.165) is 29.6 Å². The van der Waals surface area contributed by atoms with Gasteiger partial charge < -0.3 is 14.5 Å². The highest BCUT2D eigenvalue weighted by Gasteiger charge is 2.22. The van der Waals surface area contributed by atoms with E-state index < -0.39 is 11.5 Å². The molecule has 1 aliphatic heterocycles. The van der Waals surface area contributed by atoms with E-state index in [4.69, 9.17) is 9.15 Å². The maximum absolute atomic E-state index is 13.0. The fourth-order valence-electron chi connectivity index (χ4n) is 3.53. The summed E-state index contributed by atoms with van der Waals surface area (Å²) in [5.41, 5.74) is 2.01. The van der Waals surface area contributed by atoms with Gasteiger partial charge in [0.05, 0.1) is 19.3 Å². The first kappa shape index (κ1) is 19.4. The van der Waals surface area contributed by atoms with Crippen LogP contribution in [0.4, 0.5) is 0 Å². The molecule has 0 spiro atoms. The minimum Gasteiger partial charge on any atom is -0.422 e. The van der Waals surface area contributed by atoms with Crippen molar-refractivity contribution in [3.05, 3.63) is 81.7 Å². The Morgan fingerprint density at radius 1 is 1.10 bits per heavy atom. The van der Waals surface area contributed by atoms with Crippen molar-refractivity contribution in [1.29, 1.82) is 0 Å². The lowest BCUT2D eigenvalue weighted by molar-refractivity contribution is 0.0332. The molecule has 0 saturated carbocycles. The lowest BCUT2D eigenvalue weighted by Gasteiger charge is -2.31. The summed E-state index contributed by atoms with van der Waals surface area (Å²) in [7, 11) is 0. The molecule has 6 nitrogen and oxygen atoms in total. The third kappa shape index (κ3) is 4.55. The van der Waals surface area contributed by atoms with Gasteiger partial charge in [-0.05, 0) is 24.6 Å². The predicted molar refractivity (Wildman–Crippen MR) is 111 cm³/mol. The summed E-state index contributed by atoms with van der Waals surface area (Å²) in [5, 5.41) is 3.76. The topological polar surface area (TPSA) is 71.8 Å². The molecule has 1 amide bonds. The van der Waals surface area contributed by atoms with Gasteiger partial charge in [-0.15, -0.1) is 0 Å². The minimum atomic E-state index is -0.629. The second-order valence-corrected chi connectivity index (χ2v) is 7.34. The Balaban J connectivity index is 1.60. The molecule has 1 unspecified atom stereocenters. The largest absolute Gasteiger partial charge is 0.422 e. The molecule has 0 radical (unpaired) electrons. The third-order valence-electron chi connectivity index (χ3n) is 5.22. The number of hydrogen-bond acceptors (Lipinski definition) is 5. The van der Waals surface area contributed by atoms with Crippen molar-refractivity contribution in [3.8, 4) is 0 Å². The molecule has 1 fully saturated rings. The fraction of sp³-hybridized carbons (Fsp3) is 0.304. The average Bonchev–Trinajstić information content (AvgIpc) is 2.74. The Morgan fingerprint density at radius 3 is 2.59 bits per heavy atom. The molecule has 3 aromatic rings. The van der Waals surface area contributed by atoms with Crippen molar-refractivity contribution < 1.29 is 13.9 Å². The molecule has 29 heavy (non-hydrogen) atoms. The lowest BCUT2D eigenvalue weighted by atomic mass is 10.0. The number of fused-ring (bicyclic) bond motifs is 1. The SMILES string of the molecule is Cc1ccc(C(CN2CCOCC2)NC(=O)c2cc3ccccc3oc2=O)cc1. The molecule has 0 aliphatic carbocycles. The van der Waals surface area contributed by atoms with Crippen molar-refractivity contribution >= 4 is 16.9 Å². The van der Waals surface area contributed by atoms with Gasteiger partial charge in [-0.1, -0.05) is 48.0 Å². The highest BCUT2D eigenvalue weighted by Crippen LogP contribution is 2.18. The van der Waals surface area contributed by atoms with Crippen molar-refractivity contribution in [2.75, 3.05) is 32.8 Å². The number of aryl methyl sites for hydroxylation is 1. The Morgan fingerprint density at radius 2 is 1.83 bits per heavy atom. The van der Waals surface area contributed by atoms with E-state index >= 15 is 0 Å². The van der Waals surface area contributed by atoms with Gasteiger partial charge in [0.1, 0.15) is 11.1 Å². The van der Waals surface area contributed by atoms with Crippen LogP contribution in [0.25, 0.3) is 11.0 Å². The van der Waals surface area contributed by atoms with Crippen molar-refractivity contribution in [2.45, 2.75) is 13.0 Å². The number of carbonyl (C=O) groups is 1. The normalized spacial score (nSPS) is 15.9. The second-order valence-electron chi connectivity index (χ2n) is 7.34. The smallest absolute Gasteiger partial charge is 0.349 e. The molecule has 2 aromatic carbocycles. The highest BCUT2D eigenvalue weighted by atomic mass is 16.5. The number of nitrogens with one attached hydrogen (secondary N) is 1. The van der Waals surface area contributed by atoms with Crippen LogP contribution in [0, 0.1) is 6.92 Å². The third-order valence-corrected chi connectivity index (χ3v) is 5.22. The maximum atomic E-state index is 13.0. The Bertz CT molecular complexity index is 1050. The maximum Gasteiger partial charge on any atom is 0.349 e. The van der Waals surface area contributed by atoms with Crippen LogP contribution in [0.3, 0.4) is 0 Å². The van der Waals surface area contributed by atoms with E-state index in [2.05, 4.69) is 10.2 Å². The van der Waals surface area contributed by atoms with Gasteiger partial charge in [0.2, 0.25) is 0 Å². The Labute approximate surface area is 169 Å². The first-order chi connectivity index (χ1) is 14.1. The van der Waals surface area contributed by atoms with E-state index in [0.29, 0.717) is 25.3 Å². The van der Waals surface area contributed by atoms with Crippen LogP contribution < -0.4 is 10.9 Å². The van der Waals surface area contributed by atoms with Crippen molar-refractivity contribution in [3.63, 3.8) is 0 Å². The lowest BCUT2D eigenvalue weighted by Crippen LogP contribution is -2.43. The molecular weight excluding hydrogens is 368 g/mol. The molecule has 1 atom stereocenters. The van der Waals surface area contributed by atoms with Crippen LogP contribution in [-0.4, -0.2) is 43.7 Å². The Kier molecular flexibility index (Phi) is 5.74. The number of benzene rings is 2. The number of para-hydroxylation sites is 1. The number of nitrogens with zero attached hydrogens (tertiary/aromatic N) is 1. The highest BCUT2D eigenvalue weighted by molar-refractivity contribution is 5.96. The standard InChI is InChI=1S/C23H24N2O4/c1-16-6-8-17(9-7-16)20(15-25-10-12-28-13-11-25)24-22(26)19-14-18-4-2-3-5-21(18)29-23(19)27/h2-9,14,20H,10-13,15H2,1H3,(H,24,26). The van der Waals surface area contributed by atoms with Gasteiger partial charge in [0.15, 0.2) is 0 Å². The van der Waals surface area contributed by atoms with Crippen LogP contribution in [0.1, 0.15) is 27.5 Å². The number of morpholine rings is 1. The minimum absolute atomic E-state index is 0.0165. The van der Waals surface area contributed by atoms with Crippen LogP contribution in [-0.2, 0) is 4.74 Å². The van der Waals surface area contributed by atoms with Crippen molar-refractivity contribution in [2.24, 2.45) is 0 Å². The van der Waals surface area contributed by atoms with E-state index in [9.17, 15) is 9.59 Å². The molecular formula is C23H24N2O4. The fourth-order valence-corrected chi connectivity index (χ4v) is 3.53. The molecule has 4 rings (SSSR count). The molecule has 1 aromatic heterocycles. The summed E-state index contributed by atoms with van der Waals surface area (Å²) < 4.78 is 10.8. The van der Waals surface area contributed by atoms with E-state index in [1.165, 1.54) is 0 Å². The molecule has 1 aliphatic rings. The monoisotopic (exact) mass is 392 g/mol. The number of carbonyl (C=O) groups excluding carboxylic acids is 1. The molecule has 150 valence electrons. The summed E-state index contributed by atoms with van der Waals surface area (Å²) in [6.45, 7) is 5.68. The number of amides is 1. The molecule has 1 saturated heterocycles. The summed E-state index contributed by atoms with van der Waals surface area (Å²) in [4.78, 5) is 27.6. The van der Waals surface area contributed by atoms with Crippen LogP contribution in [0.2, 0.25) is 0 Å². The predicted octanol–water partition coefficient (Wildman–Crippen LogP) is 2.90.